The molecule has 2 aromatic rings. The third-order valence-electron chi connectivity index (χ3n) is 3.57. The van der Waals surface area contributed by atoms with Crippen LogP contribution in [0.15, 0.2) is 42.5 Å². The number of rotatable bonds is 3. The van der Waals surface area contributed by atoms with Crippen LogP contribution in [0.3, 0.4) is 0 Å². The molecule has 7 nitrogen and oxygen atoms in total. The van der Waals surface area contributed by atoms with Crippen molar-refractivity contribution < 1.29 is 19.1 Å². The number of nitrogens with one attached hydrogen (secondary N) is 3. The van der Waals surface area contributed by atoms with Gasteiger partial charge >= 0.3 is 0 Å². The lowest BCUT2D eigenvalue weighted by molar-refractivity contribution is -0.116. The molecule has 0 bridgehead atoms. The van der Waals surface area contributed by atoms with Crippen molar-refractivity contribution in [2.24, 2.45) is 0 Å². The molecule has 1 heterocycles. The van der Waals surface area contributed by atoms with E-state index < -0.39 is 0 Å². The average molecular weight is 339 g/mol. The minimum Gasteiger partial charge on any atom is -0.491 e. The Balaban J connectivity index is 1.73. The fourth-order valence-corrected chi connectivity index (χ4v) is 2.40. The van der Waals surface area contributed by atoms with Crippen LogP contribution >= 0.6 is 0 Å². The molecular formula is C18H17N3O4. The van der Waals surface area contributed by atoms with Crippen molar-refractivity contribution in [2.45, 2.75) is 13.3 Å². The summed E-state index contributed by atoms with van der Waals surface area (Å²) < 4.78 is 5.47. The maximum absolute atomic E-state index is 12.4. The molecule has 2 aromatic carbocycles. The first-order chi connectivity index (χ1) is 12.0. The number of hydrogen-bond acceptors (Lipinski definition) is 4. The quantitative estimate of drug-likeness (QED) is 0.801. The smallest absolute Gasteiger partial charge is 0.255 e. The molecule has 3 rings (SSSR count). The van der Waals surface area contributed by atoms with Crippen LogP contribution in [-0.2, 0) is 9.59 Å². The summed E-state index contributed by atoms with van der Waals surface area (Å²) in [7, 11) is 0. The summed E-state index contributed by atoms with van der Waals surface area (Å²) in [4.78, 5) is 35.0. The lowest BCUT2D eigenvalue weighted by Crippen LogP contribution is -2.13. The Morgan fingerprint density at radius 3 is 2.40 bits per heavy atom. The molecule has 3 amide bonds. The lowest BCUT2D eigenvalue weighted by Gasteiger charge is -2.10. The molecule has 0 saturated carbocycles. The summed E-state index contributed by atoms with van der Waals surface area (Å²) in [5, 5.41) is 8.15. The molecule has 1 aliphatic heterocycles. The summed E-state index contributed by atoms with van der Waals surface area (Å²) in [5.74, 6) is -0.0773. The van der Waals surface area contributed by atoms with Crippen molar-refractivity contribution in [1.29, 1.82) is 0 Å². The molecule has 0 unspecified atom stereocenters. The minimum absolute atomic E-state index is 0.148. The van der Waals surface area contributed by atoms with Crippen LogP contribution in [0.4, 0.5) is 17.1 Å². The van der Waals surface area contributed by atoms with Gasteiger partial charge in [0.15, 0.2) is 0 Å². The van der Waals surface area contributed by atoms with Crippen LogP contribution in [-0.4, -0.2) is 24.3 Å². The summed E-state index contributed by atoms with van der Waals surface area (Å²) in [5.41, 5.74) is 2.12. The molecule has 1 aliphatic rings. The molecule has 0 fully saturated rings. The molecule has 0 aromatic heterocycles. The van der Waals surface area contributed by atoms with Crippen LogP contribution < -0.4 is 20.7 Å². The van der Waals surface area contributed by atoms with Gasteiger partial charge in [-0.15, -0.1) is 0 Å². The van der Waals surface area contributed by atoms with Crippen molar-refractivity contribution in [2.75, 3.05) is 22.6 Å². The van der Waals surface area contributed by atoms with Gasteiger partial charge in [-0.1, -0.05) is 0 Å². The van der Waals surface area contributed by atoms with Gasteiger partial charge in [-0.05, 0) is 42.5 Å². The van der Waals surface area contributed by atoms with Crippen LogP contribution in [0.5, 0.6) is 5.75 Å². The average Bonchev–Trinajstić information content (AvgIpc) is 2.76. The zero-order valence-electron chi connectivity index (χ0n) is 13.6. The maximum Gasteiger partial charge on any atom is 0.255 e. The maximum atomic E-state index is 12.4. The van der Waals surface area contributed by atoms with Gasteiger partial charge in [0.1, 0.15) is 5.75 Å². The molecule has 25 heavy (non-hydrogen) atoms. The molecule has 3 N–H and O–H groups in total. The molecule has 0 radical (unpaired) electrons. The Morgan fingerprint density at radius 2 is 1.72 bits per heavy atom. The van der Waals surface area contributed by atoms with Gasteiger partial charge in [0.25, 0.3) is 5.91 Å². The van der Waals surface area contributed by atoms with Gasteiger partial charge in [-0.25, -0.2) is 0 Å². The van der Waals surface area contributed by atoms with E-state index in [1.807, 2.05) is 0 Å². The van der Waals surface area contributed by atoms with Crippen LogP contribution in [0, 0.1) is 0 Å². The topological polar surface area (TPSA) is 96.5 Å². The van der Waals surface area contributed by atoms with Gasteiger partial charge in [0.2, 0.25) is 11.8 Å². The first-order valence-corrected chi connectivity index (χ1v) is 7.77. The summed E-state index contributed by atoms with van der Waals surface area (Å²) in [6, 6.07) is 11.7. The standard InChI is InChI=1S/C18H17N3O4/c1-11(22)19-13-3-5-14(6-4-13)20-18(24)12-2-7-16-15(10-12)21-17(23)8-9-25-16/h2-7,10H,8-9H2,1H3,(H,19,22)(H,20,24)(H,21,23). The molecular weight excluding hydrogens is 322 g/mol. The number of hydrogen-bond donors (Lipinski definition) is 3. The first-order valence-electron chi connectivity index (χ1n) is 7.77. The molecule has 0 saturated heterocycles. The van der Waals surface area contributed by atoms with E-state index in [9.17, 15) is 14.4 Å². The van der Waals surface area contributed by atoms with Gasteiger partial charge in [-0.2, -0.15) is 0 Å². The van der Waals surface area contributed by atoms with Crippen molar-refractivity contribution in [3.8, 4) is 5.75 Å². The summed E-state index contributed by atoms with van der Waals surface area (Å²) >= 11 is 0. The molecule has 0 spiro atoms. The highest BCUT2D eigenvalue weighted by Gasteiger charge is 2.16. The third-order valence-corrected chi connectivity index (χ3v) is 3.57. The van der Waals surface area contributed by atoms with E-state index in [1.165, 1.54) is 6.92 Å². The molecule has 7 heteroatoms. The van der Waals surface area contributed by atoms with E-state index in [0.717, 1.165) is 0 Å². The predicted molar refractivity (Wildman–Crippen MR) is 93.9 cm³/mol. The molecule has 0 aliphatic carbocycles. The zero-order chi connectivity index (χ0) is 17.8. The van der Waals surface area contributed by atoms with Gasteiger partial charge in [0, 0.05) is 23.9 Å². The number of carbonyl (C=O) groups excluding carboxylic acids is 3. The number of ether oxygens (including phenoxy) is 1. The number of fused-ring (bicyclic) bond motifs is 1. The Labute approximate surface area is 144 Å². The predicted octanol–water partition coefficient (Wildman–Crippen LogP) is 2.62. The largest absolute Gasteiger partial charge is 0.491 e. The number of amides is 3. The van der Waals surface area contributed by atoms with E-state index >= 15 is 0 Å². The second kappa shape index (κ2) is 7.04. The number of benzene rings is 2. The first kappa shape index (κ1) is 16.5. The SMILES string of the molecule is CC(=O)Nc1ccc(NC(=O)c2ccc3c(c2)NC(=O)CCO3)cc1. The zero-order valence-corrected chi connectivity index (χ0v) is 13.6. The van der Waals surface area contributed by atoms with E-state index in [1.54, 1.807) is 42.5 Å². The van der Waals surface area contributed by atoms with Crippen molar-refractivity contribution in [3.63, 3.8) is 0 Å². The van der Waals surface area contributed by atoms with Gasteiger partial charge < -0.3 is 20.7 Å². The number of carbonyl (C=O) groups is 3. The van der Waals surface area contributed by atoms with Crippen LogP contribution in [0.2, 0.25) is 0 Å². The Hall–Kier alpha value is -3.35. The van der Waals surface area contributed by atoms with Crippen molar-refractivity contribution >= 4 is 34.8 Å². The van der Waals surface area contributed by atoms with Gasteiger partial charge in [-0.3, -0.25) is 14.4 Å². The van der Waals surface area contributed by atoms with Gasteiger partial charge in [0.05, 0.1) is 18.7 Å². The summed E-state index contributed by atoms with van der Waals surface area (Å²) in [6.07, 6.45) is 0.275. The minimum atomic E-state index is -0.312. The second-order valence-corrected chi connectivity index (χ2v) is 5.57. The normalized spacial score (nSPS) is 12.9. The highest BCUT2D eigenvalue weighted by molar-refractivity contribution is 6.06. The lowest BCUT2D eigenvalue weighted by atomic mass is 10.1. The summed E-state index contributed by atoms with van der Waals surface area (Å²) in [6.45, 7) is 1.74. The van der Waals surface area contributed by atoms with Crippen molar-refractivity contribution in [1.82, 2.24) is 0 Å². The Kier molecular flexibility index (Phi) is 4.65. The fourth-order valence-electron chi connectivity index (χ4n) is 2.40. The van der Waals surface area contributed by atoms with Crippen LogP contribution in [0.25, 0.3) is 0 Å². The number of anilines is 3. The fraction of sp³-hybridized carbons (Fsp3) is 0.167. The van der Waals surface area contributed by atoms with E-state index in [0.29, 0.717) is 35.0 Å². The van der Waals surface area contributed by atoms with E-state index in [4.69, 9.17) is 4.74 Å². The molecule has 0 atom stereocenters. The molecule has 128 valence electrons. The van der Waals surface area contributed by atoms with Crippen LogP contribution in [0.1, 0.15) is 23.7 Å². The van der Waals surface area contributed by atoms with E-state index in [2.05, 4.69) is 16.0 Å². The third kappa shape index (κ3) is 4.14. The highest BCUT2D eigenvalue weighted by Crippen LogP contribution is 2.28. The Morgan fingerprint density at radius 1 is 1.04 bits per heavy atom. The second-order valence-electron chi connectivity index (χ2n) is 5.57. The van der Waals surface area contributed by atoms with Crippen molar-refractivity contribution in [3.05, 3.63) is 48.0 Å². The van der Waals surface area contributed by atoms with E-state index in [-0.39, 0.29) is 24.1 Å². The monoisotopic (exact) mass is 339 g/mol. The highest BCUT2D eigenvalue weighted by atomic mass is 16.5. The Bertz CT molecular complexity index is 831.